The van der Waals surface area contributed by atoms with Crippen LogP contribution in [0.15, 0.2) is 5.16 Å². The summed E-state index contributed by atoms with van der Waals surface area (Å²) in [6.07, 6.45) is 2.64. The summed E-state index contributed by atoms with van der Waals surface area (Å²) in [7, 11) is 0. The monoisotopic (exact) mass is 382 g/mol. The summed E-state index contributed by atoms with van der Waals surface area (Å²) in [6.45, 7) is 1.78. The lowest BCUT2D eigenvalue weighted by Crippen LogP contribution is -2.53. The van der Waals surface area contributed by atoms with Gasteiger partial charge in [0.1, 0.15) is 18.7 Å². The minimum Gasteiger partial charge on any atom is -0.382 e. The van der Waals surface area contributed by atoms with E-state index in [0.29, 0.717) is 32.1 Å². The molecule has 2 saturated carbocycles. The molecule has 0 radical (unpaired) electrons. The van der Waals surface area contributed by atoms with Crippen molar-refractivity contribution >= 4 is 17.4 Å². The summed E-state index contributed by atoms with van der Waals surface area (Å²) in [5.41, 5.74) is 0.789. The molecule has 0 aromatic carbocycles. The Morgan fingerprint density at radius 2 is 1.93 bits per heavy atom. The second-order valence-electron chi connectivity index (χ2n) is 8.17. The number of carbonyl (C=O) groups excluding carboxylic acids is 2. The van der Waals surface area contributed by atoms with E-state index in [1.54, 1.807) is 6.92 Å². The Morgan fingerprint density at radius 1 is 1.15 bits per heavy atom. The van der Waals surface area contributed by atoms with Crippen LogP contribution in [0.5, 0.6) is 0 Å². The molecule has 7 nitrogen and oxygen atoms in total. The van der Waals surface area contributed by atoms with Gasteiger partial charge in [0.15, 0.2) is 0 Å². The third-order valence-corrected chi connectivity index (χ3v) is 6.35. The molecule has 150 valence electrons. The van der Waals surface area contributed by atoms with Crippen molar-refractivity contribution in [2.24, 2.45) is 17.0 Å². The van der Waals surface area contributed by atoms with E-state index in [4.69, 9.17) is 14.3 Å². The molecular formula is C19H27FN2O5. The van der Waals surface area contributed by atoms with E-state index in [2.05, 4.69) is 10.5 Å². The van der Waals surface area contributed by atoms with Crippen LogP contribution < -0.4 is 5.32 Å². The largest absolute Gasteiger partial charge is 0.382 e. The highest BCUT2D eigenvalue weighted by molar-refractivity contribution is 5.94. The molecule has 1 amide bonds. The first-order valence-corrected chi connectivity index (χ1v) is 9.92. The number of ether oxygens (including phenoxy) is 2. The minimum absolute atomic E-state index is 0.0368. The van der Waals surface area contributed by atoms with Crippen molar-refractivity contribution in [2.75, 3.05) is 6.79 Å². The van der Waals surface area contributed by atoms with E-state index in [9.17, 15) is 14.0 Å². The summed E-state index contributed by atoms with van der Waals surface area (Å²) in [5.74, 6) is -0.454. The number of alkyl halides is 1. The molecule has 2 aliphatic carbocycles. The highest BCUT2D eigenvalue weighted by atomic mass is 19.1. The first-order valence-electron chi connectivity index (χ1n) is 9.92. The van der Waals surface area contributed by atoms with E-state index < -0.39 is 12.3 Å². The summed E-state index contributed by atoms with van der Waals surface area (Å²) in [6, 6.07) is -0.296. The molecule has 2 aliphatic heterocycles. The van der Waals surface area contributed by atoms with Gasteiger partial charge in [0.2, 0.25) is 6.10 Å². The molecule has 0 spiro atoms. The smallest absolute Gasteiger partial charge is 0.264 e. The number of nitrogens with one attached hydrogen (secondary N) is 1. The molecule has 3 fully saturated rings. The number of fused-ring (bicyclic) bond motifs is 1. The molecule has 0 aromatic heterocycles. The minimum atomic E-state index is -0.792. The first-order chi connectivity index (χ1) is 13.0. The number of hydrogen-bond donors (Lipinski definition) is 1. The number of rotatable bonds is 4. The number of amides is 1. The van der Waals surface area contributed by atoms with Gasteiger partial charge in [-0.25, -0.2) is 4.39 Å². The predicted molar refractivity (Wildman–Crippen MR) is 93.7 cm³/mol. The van der Waals surface area contributed by atoms with Crippen LogP contribution in [-0.4, -0.2) is 54.7 Å². The zero-order chi connectivity index (χ0) is 19.0. The van der Waals surface area contributed by atoms with Gasteiger partial charge in [-0.15, -0.1) is 0 Å². The Kier molecular flexibility index (Phi) is 5.45. The molecule has 0 aromatic rings. The van der Waals surface area contributed by atoms with Gasteiger partial charge < -0.3 is 19.6 Å². The average molecular weight is 382 g/mol. The van der Waals surface area contributed by atoms with Crippen LogP contribution in [0.25, 0.3) is 0 Å². The summed E-state index contributed by atoms with van der Waals surface area (Å²) in [4.78, 5) is 30.1. The van der Waals surface area contributed by atoms with E-state index >= 15 is 0 Å². The Labute approximate surface area is 158 Å². The van der Waals surface area contributed by atoms with Crippen molar-refractivity contribution in [3.05, 3.63) is 0 Å². The van der Waals surface area contributed by atoms with Crippen molar-refractivity contribution in [1.82, 2.24) is 5.32 Å². The average Bonchev–Trinajstić information content (AvgIpc) is 3.30. The zero-order valence-corrected chi connectivity index (χ0v) is 15.6. The van der Waals surface area contributed by atoms with Crippen LogP contribution in [0.1, 0.15) is 51.9 Å². The normalized spacial score (nSPS) is 41.4. The number of oxime groups is 1. The highest BCUT2D eigenvalue weighted by Gasteiger charge is 2.45. The number of ketones is 1. The second-order valence-corrected chi connectivity index (χ2v) is 8.17. The molecular weight excluding hydrogens is 355 g/mol. The fourth-order valence-electron chi connectivity index (χ4n) is 4.79. The van der Waals surface area contributed by atoms with Gasteiger partial charge in [-0.1, -0.05) is 5.16 Å². The Morgan fingerprint density at radius 3 is 2.67 bits per heavy atom. The maximum Gasteiger partial charge on any atom is 0.264 e. The number of halogens is 1. The molecule has 1 N–H and O–H groups in total. The van der Waals surface area contributed by atoms with Crippen LogP contribution in [0.4, 0.5) is 4.39 Å². The summed E-state index contributed by atoms with van der Waals surface area (Å²) in [5, 5.41) is 7.04. The number of hydrogen-bond acceptors (Lipinski definition) is 6. The van der Waals surface area contributed by atoms with E-state index in [0.717, 1.165) is 18.6 Å². The van der Waals surface area contributed by atoms with Gasteiger partial charge in [0.25, 0.3) is 5.91 Å². The molecule has 8 heteroatoms. The van der Waals surface area contributed by atoms with Crippen molar-refractivity contribution in [1.29, 1.82) is 0 Å². The third-order valence-electron chi connectivity index (χ3n) is 6.35. The number of carbonyl (C=O) groups is 2. The van der Waals surface area contributed by atoms with E-state index in [1.807, 2.05) is 0 Å². The van der Waals surface area contributed by atoms with Crippen LogP contribution >= 0.6 is 0 Å². The molecule has 1 saturated heterocycles. The van der Waals surface area contributed by atoms with Crippen molar-refractivity contribution < 1.29 is 28.3 Å². The summed E-state index contributed by atoms with van der Waals surface area (Å²) < 4.78 is 24.7. The van der Waals surface area contributed by atoms with Gasteiger partial charge in [0, 0.05) is 24.3 Å². The maximum absolute atomic E-state index is 13.6. The third kappa shape index (κ3) is 4.01. The SMILES string of the molecule is CC(=O)C1CC2OCOC2CC1NC(=O)[C@@H]1CC(C2CCCC(F)C2)=NO1. The van der Waals surface area contributed by atoms with Crippen LogP contribution in [-0.2, 0) is 23.9 Å². The maximum atomic E-state index is 13.6. The molecule has 0 bridgehead atoms. The van der Waals surface area contributed by atoms with Gasteiger partial charge in [-0.3, -0.25) is 9.59 Å². The van der Waals surface area contributed by atoms with Crippen LogP contribution in [0, 0.1) is 11.8 Å². The topological polar surface area (TPSA) is 86.2 Å². The standard InChI is InChI=1S/C19H27FN2O5/c1-10(23)13-6-16-17(26-9-25-16)8-15(13)21-19(24)18-7-14(22-27-18)11-3-2-4-12(20)5-11/h11-13,15-18H,2-9H2,1H3,(H,21,24)/t11?,12?,13?,15?,16?,17?,18-/m0/s1. The summed E-state index contributed by atoms with van der Waals surface area (Å²) >= 11 is 0. The van der Waals surface area contributed by atoms with E-state index in [1.165, 1.54) is 0 Å². The fourth-order valence-corrected chi connectivity index (χ4v) is 4.79. The van der Waals surface area contributed by atoms with Crippen LogP contribution in [0.3, 0.4) is 0 Å². The molecule has 27 heavy (non-hydrogen) atoms. The van der Waals surface area contributed by atoms with Crippen molar-refractivity contribution in [3.63, 3.8) is 0 Å². The first kappa shape index (κ1) is 18.8. The van der Waals surface area contributed by atoms with Gasteiger partial charge in [-0.2, -0.15) is 0 Å². The molecule has 7 atom stereocenters. The molecule has 4 aliphatic rings. The molecule has 6 unspecified atom stereocenters. The predicted octanol–water partition coefficient (Wildman–Crippen LogP) is 1.88. The van der Waals surface area contributed by atoms with Crippen molar-refractivity contribution in [3.8, 4) is 0 Å². The fraction of sp³-hybridized carbons (Fsp3) is 0.842. The quantitative estimate of drug-likeness (QED) is 0.802. The van der Waals surface area contributed by atoms with Crippen LogP contribution in [0.2, 0.25) is 0 Å². The highest BCUT2D eigenvalue weighted by Crippen LogP contribution is 2.34. The lowest BCUT2D eigenvalue weighted by atomic mass is 9.79. The number of Topliss-reactive ketones (excluding diaryl/α,β-unsaturated/α-hetero) is 1. The Balaban J connectivity index is 1.34. The van der Waals surface area contributed by atoms with Gasteiger partial charge in [-0.05, 0) is 45.4 Å². The Bertz CT molecular complexity index is 627. The zero-order valence-electron chi connectivity index (χ0n) is 15.6. The number of nitrogens with zero attached hydrogens (tertiary/aromatic N) is 1. The van der Waals surface area contributed by atoms with E-state index in [-0.39, 0.29) is 48.6 Å². The van der Waals surface area contributed by atoms with Gasteiger partial charge >= 0.3 is 0 Å². The molecule has 4 rings (SSSR count). The molecule has 2 heterocycles. The lowest BCUT2D eigenvalue weighted by molar-refractivity contribution is -0.134. The van der Waals surface area contributed by atoms with Crippen molar-refractivity contribution in [2.45, 2.75) is 82.4 Å². The second kappa shape index (κ2) is 7.83. The Hall–Kier alpha value is -1.54. The van der Waals surface area contributed by atoms with Gasteiger partial charge in [0.05, 0.1) is 17.9 Å². The lowest BCUT2D eigenvalue weighted by Gasteiger charge is -2.36.